The van der Waals surface area contributed by atoms with E-state index in [9.17, 15) is 25.5 Å². The minimum absolute atomic E-state index is 0.0610. The third kappa shape index (κ3) is 2.47. The molecule has 0 radical (unpaired) electrons. The molecule has 0 heterocycles. The van der Waals surface area contributed by atoms with Gasteiger partial charge in [0.15, 0.2) is 0 Å². The summed E-state index contributed by atoms with van der Waals surface area (Å²) in [7, 11) is 0. The van der Waals surface area contributed by atoms with Crippen LogP contribution >= 0.6 is 0 Å². The highest BCUT2D eigenvalue weighted by atomic mass is 16.4. The van der Waals surface area contributed by atoms with E-state index >= 15 is 0 Å². The van der Waals surface area contributed by atoms with Crippen LogP contribution in [-0.4, -0.2) is 67.3 Å². The van der Waals surface area contributed by atoms with Gasteiger partial charge in [0.1, 0.15) is 23.9 Å². The molecule has 1 aliphatic carbocycles. The molecule has 0 saturated heterocycles. The second-order valence-electron chi connectivity index (χ2n) is 4.15. The molecule has 1 rings (SSSR count). The van der Waals surface area contributed by atoms with Crippen LogP contribution in [0.25, 0.3) is 0 Å². The van der Waals surface area contributed by atoms with Crippen molar-refractivity contribution in [3.05, 3.63) is 0 Å². The molecule has 1 aliphatic rings. The fourth-order valence-electron chi connectivity index (χ4n) is 1.84. The molecule has 0 spiro atoms. The molecule has 6 N–H and O–H groups in total. The Balaban J connectivity index is 2.83. The van der Waals surface area contributed by atoms with E-state index in [4.69, 9.17) is 5.11 Å². The van der Waals surface area contributed by atoms with Crippen LogP contribution in [0.2, 0.25) is 0 Å². The van der Waals surface area contributed by atoms with E-state index in [0.717, 1.165) is 0 Å². The van der Waals surface area contributed by atoms with Crippen molar-refractivity contribution in [2.75, 3.05) is 6.61 Å². The van der Waals surface area contributed by atoms with Crippen LogP contribution in [0.4, 0.5) is 0 Å². The van der Waals surface area contributed by atoms with E-state index < -0.39 is 36.6 Å². The van der Waals surface area contributed by atoms with Gasteiger partial charge in [-0.1, -0.05) is 0 Å². The maximum Gasteiger partial charge on any atom is 0.116 e. The average molecular weight is 222 g/mol. The van der Waals surface area contributed by atoms with Crippen molar-refractivity contribution in [2.45, 2.75) is 49.3 Å². The standard InChI is InChI=1S/C9H18O6/c10-4-9(15)3-1-2-5(11)6(12)7(13)8(9)14/h5-8,10-15H,1-4H2/t5-,6-,7-,8+,9-/m1/s1. The lowest BCUT2D eigenvalue weighted by Crippen LogP contribution is -2.58. The summed E-state index contributed by atoms with van der Waals surface area (Å²) in [5.41, 5.74) is -1.82. The molecule has 0 amide bonds. The number of aliphatic hydroxyl groups excluding tert-OH is 5. The van der Waals surface area contributed by atoms with Gasteiger partial charge in [0.25, 0.3) is 0 Å². The van der Waals surface area contributed by atoms with Crippen molar-refractivity contribution in [3.63, 3.8) is 0 Å². The van der Waals surface area contributed by atoms with Gasteiger partial charge >= 0.3 is 0 Å². The summed E-state index contributed by atoms with van der Waals surface area (Å²) in [6, 6.07) is 0. The topological polar surface area (TPSA) is 121 Å². The van der Waals surface area contributed by atoms with Crippen LogP contribution in [0.5, 0.6) is 0 Å². The molecule has 6 nitrogen and oxygen atoms in total. The SMILES string of the molecule is OC[C@]1(O)CCC[C@@H](O)[C@@H](O)[C@@H](O)[C@@H]1O. The van der Waals surface area contributed by atoms with Crippen LogP contribution < -0.4 is 0 Å². The van der Waals surface area contributed by atoms with E-state index in [0.29, 0.717) is 6.42 Å². The first-order valence-corrected chi connectivity index (χ1v) is 4.98. The Hall–Kier alpha value is -0.240. The average Bonchev–Trinajstić information content (AvgIpc) is 2.24. The van der Waals surface area contributed by atoms with Gasteiger partial charge in [-0.3, -0.25) is 0 Å². The van der Waals surface area contributed by atoms with Gasteiger partial charge in [-0.05, 0) is 19.3 Å². The highest BCUT2D eigenvalue weighted by molar-refractivity contribution is 4.96. The number of aliphatic hydroxyl groups is 6. The second-order valence-corrected chi connectivity index (χ2v) is 4.15. The molecule has 0 aromatic heterocycles. The van der Waals surface area contributed by atoms with Crippen molar-refractivity contribution < 1.29 is 30.6 Å². The minimum Gasteiger partial charge on any atom is -0.393 e. The normalized spacial score (nSPS) is 48.4. The molecule has 0 bridgehead atoms. The van der Waals surface area contributed by atoms with Gasteiger partial charge in [-0.25, -0.2) is 0 Å². The first kappa shape index (κ1) is 12.8. The maximum atomic E-state index is 9.78. The monoisotopic (exact) mass is 222 g/mol. The lowest BCUT2D eigenvalue weighted by atomic mass is 9.81. The van der Waals surface area contributed by atoms with E-state index in [1.54, 1.807) is 0 Å². The summed E-state index contributed by atoms with van der Waals surface area (Å²) in [5.74, 6) is 0. The molecule has 0 unspecified atom stereocenters. The lowest BCUT2D eigenvalue weighted by Gasteiger charge is -2.39. The third-order valence-electron chi connectivity index (χ3n) is 3.00. The molecule has 6 heteroatoms. The van der Waals surface area contributed by atoms with E-state index in [1.807, 2.05) is 0 Å². The van der Waals surface area contributed by atoms with E-state index in [2.05, 4.69) is 0 Å². The van der Waals surface area contributed by atoms with Crippen LogP contribution in [0, 0.1) is 0 Å². The van der Waals surface area contributed by atoms with Gasteiger partial charge in [-0.2, -0.15) is 0 Å². The van der Waals surface area contributed by atoms with Crippen LogP contribution in [0.3, 0.4) is 0 Å². The van der Waals surface area contributed by atoms with Crippen LogP contribution in [-0.2, 0) is 0 Å². The zero-order valence-corrected chi connectivity index (χ0v) is 8.32. The fraction of sp³-hybridized carbons (Fsp3) is 1.00. The Labute approximate surface area is 87.4 Å². The van der Waals surface area contributed by atoms with Crippen molar-refractivity contribution in [3.8, 4) is 0 Å². The minimum atomic E-state index is -1.82. The Kier molecular flexibility index (Phi) is 4.05. The zero-order chi connectivity index (χ0) is 11.6. The highest BCUT2D eigenvalue weighted by Gasteiger charge is 2.45. The summed E-state index contributed by atoms with van der Waals surface area (Å²) in [6.45, 7) is -0.700. The molecular formula is C9H18O6. The molecule has 0 aliphatic heterocycles. The van der Waals surface area contributed by atoms with Gasteiger partial charge in [0.2, 0.25) is 0 Å². The molecule has 15 heavy (non-hydrogen) atoms. The molecule has 0 aromatic rings. The Morgan fingerprint density at radius 2 is 1.67 bits per heavy atom. The molecule has 90 valence electrons. The highest BCUT2D eigenvalue weighted by Crippen LogP contribution is 2.27. The largest absolute Gasteiger partial charge is 0.393 e. The van der Waals surface area contributed by atoms with Crippen LogP contribution in [0.1, 0.15) is 19.3 Å². The lowest BCUT2D eigenvalue weighted by molar-refractivity contribution is -0.193. The summed E-state index contributed by atoms with van der Waals surface area (Å²) >= 11 is 0. The first-order chi connectivity index (χ1) is 6.92. The number of hydrogen-bond acceptors (Lipinski definition) is 6. The third-order valence-corrected chi connectivity index (χ3v) is 3.00. The molecule has 1 fully saturated rings. The van der Waals surface area contributed by atoms with Gasteiger partial charge in [-0.15, -0.1) is 0 Å². The van der Waals surface area contributed by atoms with Crippen molar-refractivity contribution >= 4 is 0 Å². The van der Waals surface area contributed by atoms with Crippen LogP contribution in [0.15, 0.2) is 0 Å². The molecule has 5 atom stereocenters. The molecule has 0 aromatic carbocycles. The summed E-state index contributed by atoms with van der Waals surface area (Å²) in [6.07, 6.45) is -5.38. The second kappa shape index (κ2) is 4.73. The Morgan fingerprint density at radius 3 is 2.20 bits per heavy atom. The van der Waals surface area contributed by atoms with Gasteiger partial charge in [0.05, 0.1) is 12.7 Å². The maximum absolute atomic E-state index is 9.78. The quantitative estimate of drug-likeness (QED) is 0.288. The predicted octanol–water partition coefficient (Wildman–Crippen LogP) is -2.66. The predicted molar refractivity (Wildman–Crippen MR) is 49.9 cm³/mol. The van der Waals surface area contributed by atoms with Crippen molar-refractivity contribution in [2.24, 2.45) is 0 Å². The summed E-state index contributed by atoms with van der Waals surface area (Å²) < 4.78 is 0. The summed E-state index contributed by atoms with van der Waals surface area (Å²) in [4.78, 5) is 0. The smallest absolute Gasteiger partial charge is 0.116 e. The van der Waals surface area contributed by atoms with E-state index in [1.165, 1.54) is 0 Å². The van der Waals surface area contributed by atoms with Gasteiger partial charge in [0, 0.05) is 0 Å². The number of rotatable bonds is 1. The van der Waals surface area contributed by atoms with Crippen molar-refractivity contribution in [1.29, 1.82) is 0 Å². The fourth-order valence-corrected chi connectivity index (χ4v) is 1.84. The molecular weight excluding hydrogens is 204 g/mol. The Morgan fingerprint density at radius 1 is 1.07 bits per heavy atom. The van der Waals surface area contributed by atoms with Crippen molar-refractivity contribution in [1.82, 2.24) is 0 Å². The Bertz CT molecular complexity index is 211. The summed E-state index contributed by atoms with van der Waals surface area (Å²) in [5, 5.41) is 56.5. The zero-order valence-electron chi connectivity index (χ0n) is 8.32. The number of hydrogen-bond donors (Lipinski definition) is 6. The molecule has 1 saturated carbocycles. The van der Waals surface area contributed by atoms with E-state index in [-0.39, 0.29) is 12.8 Å². The van der Waals surface area contributed by atoms with Gasteiger partial charge < -0.3 is 30.6 Å². The first-order valence-electron chi connectivity index (χ1n) is 4.98.